The van der Waals surface area contributed by atoms with E-state index >= 15 is 0 Å². The number of ether oxygens (including phenoxy) is 3. The molecule has 0 radical (unpaired) electrons. The molecule has 56 heavy (non-hydrogen) atoms. The molecule has 0 fully saturated rings. The van der Waals surface area contributed by atoms with Gasteiger partial charge in [0.05, 0.1) is 6.42 Å². The minimum Gasteiger partial charge on any atom is -0.462 e. The van der Waals surface area contributed by atoms with Crippen molar-refractivity contribution in [2.75, 3.05) is 13.2 Å². The molecule has 6 nitrogen and oxygen atoms in total. The molecule has 1 atom stereocenters. The van der Waals surface area contributed by atoms with Crippen molar-refractivity contribution in [2.24, 2.45) is 0 Å². The van der Waals surface area contributed by atoms with Gasteiger partial charge in [-0.3, -0.25) is 14.4 Å². The van der Waals surface area contributed by atoms with E-state index < -0.39 is 12.1 Å². The first-order valence-electron chi connectivity index (χ1n) is 22.0. The number of hydrogen-bond acceptors (Lipinski definition) is 6. The van der Waals surface area contributed by atoms with Crippen LogP contribution >= 0.6 is 0 Å². The number of carbonyl (C=O) groups is 3. The van der Waals surface area contributed by atoms with E-state index in [1.54, 1.807) is 6.08 Å². The van der Waals surface area contributed by atoms with Crippen LogP contribution in [-0.2, 0) is 28.6 Å². The molecule has 0 saturated heterocycles. The van der Waals surface area contributed by atoms with E-state index in [-0.39, 0.29) is 38.0 Å². The second-order valence-electron chi connectivity index (χ2n) is 14.0. The average molecular weight is 775 g/mol. The molecule has 1 unspecified atom stereocenters. The Morgan fingerprint density at radius 1 is 0.411 bits per heavy atom. The number of allylic oxidation sites excluding steroid dienone is 17. The lowest BCUT2D eigenvalue weighted by Crippen LogP contribution is -2.30. The number of rotatable bonds is 37. The predicted octanol–water partition coefficient (Wildman–Crippen LogP) is 14.0. The van der Waals surface area contributed by atoms with E-state index in [9.17, 15) is 14.4 Å². The summed E-state index contributed by atoms with van der Waals surface area (Å²) in [6, 6.07) is 0. The third-order valence-electron chi connectivity index (χ3n) is 8.64. The topological polar surface area (TPSA) is 78.9 Å². The standard InChI is InChI=1S/C50H78O6/c1-4-7-10-13-16-19-21-22-23-24-25-26-27-29-31-34-37-40-43-49(52)55-46-47(45-54-48(51)42-39-36-33-30-18-15-12-9-6-3)56-50(53)44-41-38-35-32-28-20-17-14-11-8-5-2/h9,12,14,16-26,28,30,36,39,47H,4-8,10-11,13,15,27,29,31-35,37-38,40-46H2,1-3H3/b12-9-,17-14-,19-16-,22-21-,24-23-,26-25-,28-20-,30-18-,39-36-. The highest BCUT2D eigenvalue weighted by atomic mass is 16.6. The maximum Gasteiger partial charge on any atom is 0.309 e. The Hall–Kier alpha value is -3.93. The van der Waals surface area contributed by atoms with Crippen LogP contribution in [0.4, 0.5) is 0 Å². The molecular weight excluding hydrogens is 697 g/mol. The number of hydrogen-bond donors (Lipinski definition) is 0. The van der Waals surface area contributed by atoms with Crippen LogP contribution in [0.5, 0.6) is 0 Å². The van der Waals surface area contributed by atoms with Gasteiger partial charge < -0.3 is 14.2 Å². The van der Waals surface area contributed by atoms with Gasteiger partial charge in [0, 0.05) is 12.8 Å². The van der Waals surface area contributed by atoms with Gasteiger partial charge in [-0.2, -0.15) is 0 Å². The molecule has 0 aromatic rings. The third kappa shape index (κ3) is 41.2. The van der Waals surface area contributed by atoms with E-state index in [0.29, 0.717) is 12.8 Å². The summed E-state index contributed by atoms with van der Waals surface area (Å²) in [5.74, 6) is -1.12. The van der Waals surface area contributed by atoms with Crippen molar-refractivity contribution in [2.45, 2.75) is 175 Å². The molecular formula is C50H78O6. The lowest BCUT2D eigenvalue weighted by atomic mass is 10.1. The first kappa shape index (κ1) is 52.1. The summed E-state index contributed by atoms with van der Waals surface area (Å²) in [6.07, 6.45) is 58.2. The van der Waals surface area contributed by atoms with Gasteiger partial charge in [-0.15, -0.1) is 0 Å². The Morgan fingerprint density at radius 3 is 1.43 bits per heavy atom. The van der Waals surface area contributed by atoms with Crippen LogP contribution in [0.2, 0.25) is 0 Å². The minimum absolute atomic E-state index is 0.120. The molecule has 0 aromatic heterocycles. The Kier molecular flexibility index (Phi) is 40.7. The fraction of sp³-hybridized carbons (Fsp3) is 0.580. The SMILES string of the molecule is CC/C=C\C/C=C\C/C=C\CC(=O)OCC(COC(=O)CCCCCCC\C=C/C=C\C=C/C=C\CCCCC)OC(=O)CCCCC/C=C\C=C/CCCC. The molecule has 0 aromatic carbocycles. The predicted molar refractivity (Wildman–Crippen MR) is 237 cm³/mol. The summed E-state index contributed by atoms with van der Waals surface area (Å²) in [4.78, 5) is 37.5. The quantitative estimate of drug-likeness (QED) is 0.0206. The van der Waals surface area contributed by atoms with Gasteiger partial charge in [-0.25, -0.2) is 0 Å². The maximum atomic E-state index is 12.7. The second kappa shape index (κ2) is 43.8. The fourth-order valence-corrected chi connectivity index (χ4v) is 5.31. The smallest absolute Gasteiger partial charge is 0.309 e. The molecule has 0 amide bonds. The Balaban J connectivity index is 4.51. The maximum absolute atomic E-state index is 12.7. The lowest BCUT2D eigenvalue weighted by Gasteiger charge is -2.18. The molecule has 0 N–H and O–H groups in total. The van der Waals surface area contributed by atoms with Crippen LogP contribution < -0.4 is 0 Å². The summed E-state index contributed by atoms with van der Waals surface area (Å²) < 4.78 is 16.5. The Morgan fingerprint density at radius 2 is 0.839 bits per heavy atom. The van der Waals surface area contributed by atoms with Gasteiger partial charge in [0.25, 0.3) is 0 Å². The average Bonchev–Trinajstić information content (AvgIpc) is 3.19. The van der Waals surface area contributed by atoms with E-state index in [1.165, 1.54) is 32.1 Å². The zero-order valence-corrected chi connectivity index (χ0v) is 35.6. The number of esters is 3. The molecule has 6 heteroatoms. The summed E-state index contributed by atoms with van der Waals surface area (Å²) in [7, 11) is 0. The zero-order valence-electron chi connectivity index (χ0n) is 35.6. The van der Waals surface area contributed by atoms with Crippen LogP contribution in [0, 0.1) is 0 Å². The molecule has 0 rings (SSSR count). The van der Waals surface area contributed by atoms with Crippen LogP contribution in [0.25, 0.3) is 0 Å². The molecule has 0 bridgehead atoms. The summed E-state index contributed by atoms with van der Waals surface area (Å²) in [5.41, 5.74) is 0. The van der Waals surface area contributed by atoms with Crippen LogP contribution in [0.15, 0.2) is 109 Å². The molecule has 0 aliphatic rings. The molecule has 0 spiro atoms. The van der Waals surface area contributed by atoms with Gasteiger partial charge in [-0.05, 0) is 77.0 Å². The monoisotopic (exact) mass is 775 g/mol. The van der Waals surface area contributed by atoms with E-state index in [1.807, 2.05) is 6.08 Å². The fourth-order valence-electron chi connectivity index (χ4n) is 5.31. The van der Waals surface area contributed by atoms with Crippen molar-refractivity contribution in [3.63, 3.8) is 0 Å². The third-order valence-corrected chi connectivity index (χ3v) is 8.64. The summed E-state index contributed by atoms with van der Waals surface area (Å²) >= 11 is 0. The molecule has 0 heterocycles. The second-order valence-corrected chi connectivity index (χ2v) is 14.0. The van der Waals surface area contributed by atoms with Crippen LogP contribution in [-0.4, -0.2) is 37.2 Å². The van der Waals surface area contributed by atoms with E-state index in [0.717, 1.165) is 89.9 Å². The molecule has 0 aliphatic heterocycles. The van der Waals surface area contributed by atoms with Crippen molar-refractivity contribution in [1.82, 2.24) is 0 Å². The summed E-state index contributed by atoms with van der Waals surface area (Å²) in [6.45, 7) is 6.24. The highest BCUT2D eigenvalue weighted by molar-refractivity contribution is 5.72. The van der Waals surface area contributed by atoms with Gasteiger partial charge in [0.1, 0.15) is 13.2 Å². The molecule has 0 aliphatic carbocycles. The first-order chi connectivity index (χ1) is 27.5. The van der Waals surface area contributed by atoms with Crippen molar-refractivity contribution in [3.05, 3.63) is 109 Å². The van der Waals surface area contributed by atoms with Gasteiger partial charge >= 0.3 is 17.9 Å². The number of unbranched alkanes of at least 4 members (excludes halogenated alkanes) is 13. The van der Waals surface area contributed by atoms with Gasteiger partial charge in [0.2, 0.25) is 0 Å². The largest absolute Gasteiger partial charge is 0.462 e. The van der Waals surface area contributed by atoms with E-state index in [2.05, 4.69) is 118 Å². The normalized spacial score (nSPS) is 13.1. The minimum atomic E-state index is -0.836. The Labute approximate surface area is 342 Å². The van der Waals surface area contributed by atoms with Gasteiger partial charge in [0.15, 0.2) is 6.10 Å². The van der Waals surface area contributed by atoms with Crippen molar-refractivity contribution in [3.8, 4) is 0 Å². The van der Waals surface area contributed by atoms with Crippen LogP contribution in [0.1, 0.15) is 168 Å². The van der Waals surface area contributed by atoms with Crippen LogP contribution in [0.3, 0.4) is 0 Å². The Bertz CT molecular complexity index is 1210. The first-order valence-corrected chi connectivity index (χ1v) is 22.0. The van der Waals surface area contributed by atoms with Crippen molar-refractivity contribution < 1.29 is 28.6 Å². The van der Waals surface area contributed by atoms with Crippen molar-refractivity contribution >= 4 is 17.9 Å². The molecule has 314 valence electrons. The van der Waals surface area contributed by atoms with E-state index in [4.69, 9.17) is 14.2 Å². The van der Waals surface area contributed by atoms with Crippen molar-refractivity contribution in [1.29, 1.82) is 0 Å². The lowest BCUT2D eigenvalue weighted by molar-refractivity contribution is -0.166. The molecule has 0 saturated carbocycles. The summed E-state index contributed by atoms with van der Waals surface area (Å²) in [5, 5.41) is 0. The highest BCUT2D eigenvalue weighted by Crippen LogP contribution is 2.11. The number of carbonyl (C=O) groups excluding carboxylic acids is 3. The zero-order chi connectivity index (χ0) is 40.8. The highest BCUT2D eigenvalue weighted by Gasteiger charge is 2.19. The van der Waals surface area contributed by atoms with Gasteiger partial charge in [-0.1, -0.05) is 182 Å².